The number of nitrogens with zero attached hydrogens (tertiary/aromatic N) is 1. The van der Waals surface area contributed by atoms with Crippen molar-refractivity contribution >= 4 is 16.9 Å². The molecule has 0 aliphatic rings. The molecule has 0 N–H and O–H groups in total. The molecule has 1 aromatic heterocycles. The minimum absolute atomic E-state index is 0.00846. The molecule has 0 spiro atoms. The minimum Gasteiger partial charge on any atom is -0.458 e. The van der Waals surface area contributed by atoms with E-state index in [4.69, 9.17) is 4.74 Å². The van der Waals surface area contributed by atoms with Gasteiger partial charge in [-0.2, -0.15) is 0 Å². The molecule has 0 aliphatic carbocycles. The van der Waals surface area contributed by atoms with Crippen molar-refractivity contribution in [2.24, 2.45) is 5.92 Å². The minimum atomic E-state index is -0.264. The number of hydrogen-bond donors (Lipinski definition) is 0. The van der Waals surface area contributed by atoms with Crippen molar-refractivity contribution in [3.8, 4) is 0 Å². The van der Waals surface area contributed by atoms with E-state index in [2.05, 4.69) is 4.98 Å². The summed E-state index contributed by atoms with van der Waals surface area (Å²) in [7, 11) is 0. The quantitative estimate of drug-likeness (QED) is 0.762. The highest BCUT2D eigenvalue weighted by atomic mass is 16.5. The highest BCUT2D eigenvalue weighted by Crippen LogP contribution is 2.22. The Morgan fingerprint density at radius 1 is 1.25 bits per heavy atom. The maximum Gasteiger partial charge on any atom is 0.309 e. The molecule has 20 heavy (non-hydrogen) atoms. The molecule has 1 unspecified atom stereocenters. The van der Waals surface area contributed by atoms with Crippen molar-refractivity contribution in [1.29, 1.82) is 0 Å². The zero-order valence-corrected chi connectivity index (χ0v) is 12.3. The molecule has 2 aromatic rings. The maximum absolute atomic E-state index is 12.0. The Bertz CT molecular complexity index is 590. The average Bonchev–Trinajstić information content (AvgIpc) is 2.48. The van der Waals surface area contributed by atoms with Crippen molar-refractivity contribution in [3.63, 3.8) is 0 Å². The van der Waals surface area contributed by atoms with E-state index in [0.29, 0.717) is 0 Å². The summed E-state index contributed by atoms with van der Waals surface area (Å²) in [6, 6.07) is 9.97. The van der Waals surface area contributed by atoms with Crippen LogP contribution in [0.25, 0.3) is 10.9 Å². The third-order valence-electron chi connectivity index (χ3n) is 3.69. The molecule has 1 heterocycles. The van der Waals surface area contributed by atoms with Crippen molar-refractivity contribution in [3.05, 3.63) is 42.1 Å². The third-order valence-corrected chi connectivity index (χ3v) is 3.69. The largest absolute Gasteiger partial charge is 0.458 e. The lowest BCUT2D eigenvalue weighted by Crippen LogP contribution is -2.18. The first-order valence-electron chi connectivity index (χ1n) is 7.20. The van der Waals surface area contributed by atoms with Gasteiger partial charge in [0.05, 0.1) is 11.4 Å². The number of fused-ring (bicyclic) bond motifs is 1. The number of esters is 1. The number of rotatable bonds is 5. The van der Waals surface area contributed by atoms with E-state index in [9.17, 15) is 4.79 Å². The standard InChI is InChI=1S/C17H21NO2/c1-4-13(5-2)17(19)20-12(3)15-10-14-8-6-7-9-16(14)18-11-15/h6-13H,4-5H2,1-3H3. The van der Waals surface area contributed by atoms with Gasteiger partial charge in [0.1, 0.15) is 6.10 Å². The predicted octanol–water partition coefficient (Wildman–Crippen LogP) is 4.28. The van der Waals surface area contributed by atoms with Crippen LogP contribution in [0.2, 0.25) is 0 Å². The van der Waals surface area contributed by atoms with Gasteiger partial charge in [-0.15, -0.1) is 0 Å². The Morgan fingerprint density at radius 3 is 2.65 bits per heavy atom. The molecular weight excluding hydrogens is 250 g/mol. The molecule has 0 radical (unpaired) electrons. The van der Waals surface area contributed by atoms with Crippen LogP contribution < -0.4 is 0 Å². The molecule has 3 heteroatoms. The lowest BCUT2D eigenvalue weighted by Gasteiger charge is -2.17. The molecule has 2 rings (SSSR count). The normalized spacial score (nSPS) is 12.6. The summed E-state index contributed by atoms with van der Waals surface area (Å²) in [5.74, 6) is -0.124. The van der Waals surface area contributed by atoms with Crippen LogP contribution in [-0.4, -0.2) is 11.0 Å². The van der Waals surface area contributed by atoms with Crippen molar-refractivity contribution in [2.75, 3.05) is 0 Å². The molecule has 0 fully saturated rings. The van der Waals surface area contributed by atoms with E-state index < -0.39 is 0 Å². The highest BCUT2D eigenvalue weighted by molar-refractivity contribution is 5.79. The van der Waals surface area contributed by atoms with Crippen LogP contribution in [-0.2, 0) is 9.53 Å². The van der Waals surface area contributed by atoms with Crippen LogP contribution in [0.1, 0.15) is 45.3 Å². The van der Waals surface area contributed by atoms with Crippen LogP contribution in [0.15, 0.2) is 36.5 Å². The van der Waals surface area contributed by atoms with Crippen molar-refractivity contribution in [1.82, 2.24) is 4.98 Å². The number of aromatic nitrogens is 1. The topological polar surface area (TPSA) is 39.2 Å². The summed E-state index contributed by atoms with van der Waals surface area (Å²) in [5, 5.41) is 1.07. The molecule has 106 valence electrons. The van der Waals surface area contributed by atoms with E-state index in [-0.39, 0.29) is 18.0 Å². The summed E-state index contributed by atoms with van der Waals surface area (Å²) >= 11 is 0. The van der Waals surface area contributed by atoms with Crippen LogP contribution >= 0.6 is 0 Å². The zero-order valence-electron chi connectivity index (χ0n) is 12.3. The van der Waals surface area contributed by atoms with E-state index in [1.54, 1.807) is 6.20 Å². The van der Waals surface area contributed by atoms with Gasteiger partial charge in [0.25, 0.3) is 0 Å². The number of carbonyl (C=O) groups excluding carboxylic acids is 1. The van der Waals surface area contributed by atoms with Crippen LogP contribution in [0.4, 0.5) is 0 Å². The fourth-order valence-corrected chi connectivity index (χ4v) is 2.27. The van der Waals surface area contributed by atoms with Crippen LogP contribution in [0, 0.1) is 5.92 Å². The second-order valence-electron chi connectivity index (χ2n) is 5.05. The summed E-state index contributed by atoms with van der Waals surface area (Å²) in [6.07, 6.45) is 3.16. The summed E-state index contributed by atoms with van der Waals surface area (Å²) in [4.78, 5) is 16.4. The van der Waals surface area contributed by atoms with Crippen molar-refractivity contribution < 1.29 is 9.53 Å². The van der Waals surface area contributed by atoms with E-state index in [0.717, 1.165) is 29.3 Å². The Labute approximate surface area is 120 Å². The molecule has 0 bridgehead atoms. The number of hydrogen-bond acceptors (Lipinski definition) is 3. The number of pyridine rings is 1. The molecule has 0 saturated carbocycles. The Hall–Kier alpha value is -1.90. The fraction of sp³-hybridized carbons (Fsp3) is 0.412. The van der Waals surface area contributed by atoms with Gasteiger partial charge < -0.3 is 4.74 Å². The van der Waals surface area contributed by atoms with Gasteiger partial charge in [0, 0.05) is 17.1 Å². The number of para-hydroxylation sites is 1. The zero-order chi connectivity index (χ0) is 14.5. The Morgan fingerprint density at radius 2 is 1.95 bits per heavy atom. The number of carbonyl (C=O) groups is 1. The van der Waals surface area contributed by atoms with E-state index in [1.807, 2.05) is 51.1 Å². The first kappa shape index (κ1) is 14.5. The summed E-state index contributed by atoms with van der Waals surface area (Å²) in [5.41, 5.74) is 1.89. The smallest absolute Gasteiger partial charge is 0.309 e. The van der Waals surface area contributed by atoms with Gasteiger partial charge in [0.15, 0.2) is 0 Å². The monoisotopic (exact) mass is 271 g/mol. The first-order valence-corrected chi connectivity index (χ1v) is 7.20. The number of benzene rings is 1. The van der Waals surface area contributed by atoms with Gasteiger partial charge in [0.2, 0.25) is 0 Å². The highest BCUT2D eigenvalue weighted by Gasteiger charge is 2.19. The molecule has 1 aromatic carbocycles. The Kier molecular flexibility index (Phi) is 4.72. The SMILES string of the molecule is CCC(CC)C(=O)OC(C)c1cnc2ccccc2c1. The van der Waals surface area contributed by atoms with Gasteiger partial charge in [-0.1, -0.05) is 32.0 Å². The second-order valence-corrected chi connectivity index (χ2v) is 5.05. The molecule has 0 amide bonds. The lowest BCUT2D eigenvalue weighted by atomic mass is 10.0. The molecule has 1 atom stereocenters. The summed E-state index contributed by atoms with van der Waals surface area (Å²) < 4.78 is 5.55. The average molecular weight is 271 g/mol. The third kappa shape index (κ3) is 3.16. The fourth-order valence-electron chi connectivity index (χ4n) is 2.27. The number of ether oxygens (including phenoxy) is 1. The van der Waals surface area contributed by atoms with Gasteiger partial charge in [-0.25, -0.2) is 0 Å². The molecule has 3 nitrogen and oxygen atoms in total. The van der Waals surface area contributed by atoms with Crippen LogP contribution in [0.5, 0.6) is 0 Å². The molecule has 0 aliphatic heterocycles. The van der Waals surface area contributed by atoms with E-state index >= 15 is 0 Å². The predicted molar refractivity (Wildman–Crippen MR) is 80.3 cm³/mol. The molecule has 0 saturated heterocycles. The van der Waals surface area contributed by atoms with Gasteiger partial charge in [-0.3, -0.25) is 9.78 Å². The second kappa shape index (κ2) is 6.51. The molecular formula is C17H21NO2. The summed E-state index contributed by atoms with van der Waals surface area (Å²) in [6.45, 7) is 5.92. The van der Waals surface area contributed by atoms with Crippen LogP contribution in [0.3, 0.4) is 0 Å². The van der Waals surface area contributed by atoms with Crippen molar-refractivity contribution in [2.45, 2.75) is 39.7 Å². The lowest BCUT2D eigenvalue weighted by molar-refractivity contribution is -0.153. The maximum atomic E-state index is 12.0. The van der Waals surface area contributed by atoms with Gasteiger partial charge >= 0.3 is 5.97 Å². The first-order chi connectivity index (χ1) is 9.65. The van der Waals surface area contributed by atoms with Gasteiger partial charge in [-0.05, 0) is 31.9 Å². The van der Waals surface area contributed by atoms with E-state index in [1.165, 1.54) is 0 Å². The Balaban J connectivity index is 2.14.